The molecule has 0 atom stereocenters. The summed E-state index contributed by atoms with van der Waals surface area (Å²) in [7, 11) is 0. The minimum absolute atomic E-state index is 0.727. The summed E-state index contributed by atoms with van der Waals surface area (Å²) < 4.78 is 0. The Morgan fingerprint density at radius 2 is 2.28 bits per heavy atom. The van der Waals surface area contributed by atoms with Crippen molar-refractivity contribution in [3.05, 3.63) is 40.0 Å². The molecule has 0 radical (unpaired) electrons. The SMILES string of the molecule is Clc1ccc2c(c1)Cc1sc(-c3ncn[nH]3)nc1-2. The molecule has 0 aliphatic heterocycles. The number of aromatic nitrogens is 4. The van der Waals surface area contributed by atoms with E-state index in [2.05, 4.69) is 20.2 Å². The van der Waals surface area contributed by atoms with Gasteiger partial charge in [-0.3, -0.25) is 5.10 Å². The third-order valence-electron chi connectivity index (χ3n) is 2.99. The Morgan fingerprint density at radius 1 is 1.33 bits per heavy atom. The van der Waals surface area contributed by atoms with Gasteiger partial charge in [-0.25, -0.2) is 9.97 Å². The van der Waals surface area contributed by atoms with Crippen molar-refractivity contribution < 1.29 is 0 Å². The summed E-state index contributed by atoms with van der Waals surface area (Å²) in [5.74, 6) is 0.727. The van der Waals surface area contributed by atoms with Crippen molar-refractivity contribution >= 4 is 22.9 Å². The monoisotopic (exact) mass is 274 g/mol. The quantitative estimate of drug-likeness (QED) is 0.580. The normalized spacial score (nSPS) is 12.5. The zero-order valence-electron chi connectivity index (χ0n) is 9.14. The number of nitrogens with zero attached hydrogens (tertiary/aromatic N) is 3. The largest absolute Gasteiger partial charge is 0.257 e. The number of rotatable bonds is 1. The molecule has 1 aliphatic rings. The summed E-state index contributed by atoms with van der Waals surface area (Å²) in [4.78, 5) is 10.0. The average molecular weight is 275 g/mol. The van der Waals surface area contributed by atoms with E-state index in [0.717, 1.165) is 28.0 Å². The zero-order chi connectivity index (χ0) is 12.1. The number of benzene rings is 1. The minimum atomic E-state index is 0.727. The highest BCUT2D eigenvalue weighted by Gasteiger charge is 2.24. The second kappa shape index (κ2) is 3.63. The number of hydrogen-bond donors (Lipinski definition) is 1. The van der Waals surface area contributed by atoms with Gasteiger partial charge in [0, 0.05) is 21.9 Å². The fourth-order valence-electron chi connectivity index (χ4n) is 2.20. The van der Waals surface area contributed by atoms with E-state index >= 15 is 0 Å². The summed E-state index contributed by atoms with van der Waals surface area (Å²) in [5.41, 5.74) is 3.48. The first-order valence-electron chi connectivity index (χ1n) is 5.45. The van der Waals surface area contributed by atoms with Gasteiger partial charge in [0.1, 0.15) is 6.33 Å². The number of halogens is 1. The van der Waals surface area contributed by atoms with Crippen molar-refractivity contribution in [1.82, 2.24) is 20.2 Å². The van der Waals surface area contributed by atoms with Crippen LogP contribution in [-0.4, -0.2) is 20.2 Å². The fraction of sp³-hybridized carbons (Fsp3) is 0.0833. The molecule has 0 unspecified atom stereocenters. The third-order valence-corrected chi connectivity index (χ3v) is 4.29. The molecule has 6 heteroatoms. The first kappa shape index (κ1) is 10.2. The Bertz CT molecular complexity index is 733. The molecule has 0 bridgehead atoms. The number of thiazole rings is 1. The van der Waals surface area contributed by atoms with Crippen LogP contribution in [0.15, 0.2) is 24.5 Å². The third kappa shape index (κ3) is 1.41. The average Bonchev–Trinajstić information content (AvgIpc) is 3.01. The standard InChI is InChI=1S/C12H7ClN4S/c13-7-1-2-8-6(3-7)4-9-10(8)16-12(18-9)11-14-5-15-17-11/h1-3,5H,4H2,(H,14,15,17). The molecule has 0 fully saturated rings. The lowest BCUT2D eigenvalue weighted by Crippen LogP contribution is -1.83. The van der Waals surface area contributed by atoms with Gasteiger partial charge in [-0.2, -0.15) is 5.10 Å². The number of aromatic amines is 1. The molecule has 2 aromatic heterocycles. The Kier molecular flexibility index (Phi) is 2.06. The highest BCUT2D eigenvalue weighted by atomic mass is 35.5. The van der Waals surface area contributed by atoms with Gasteiger partial charge in [0.05, 0.1) is 5.69 Å². The lowest BCUT2D eigenvalue weighted by atomic mass is 10.1. The van der Waals surface area contributed by atoms with Gasteiger partial charge in [0.2, 0.25) is 0 Å². The molecule has 1 N–H and O–H groups in total. The number of fused-ring (bicyclic) bond motifs is 3. The van der Waals surface area contributed by atoms with E-state index in [-0.39, 0.29) is 0 Å². The Morgan fingerprint density at radius 3 is 3.11 bits per heavy atom. The number of hydrogen-bond acceptors (Lipinski definition) is 4. The molecular weight excluding hydrogens is 268 g/mol. The molecule has 0 saturated heterocycles. The second-order valence-corrected chi connectivity index (χ2v) is 5.62. The van der Waals surface area contributed by atoms with E-state index in [4.69, 9.17) is 11.6 Å². The van der Waals surface area contributed by atoms with Gasteiger partial charge in [-0.1, -0.05) is 17.7 Å². The van der Waals surface area contributed by atoms with E-state index in [1.54, 1.807) is 11.3 Å². The van der Waals surface area contributed by atoms with Crippen LogP contribution in [0.5, 0.6) is 0 Å². The van der Waals surface area contributed by atoms with E-state index in [1.165, 1.54) is 22.3 Å². The second-order valence-electron chi connectivity index (χ2n) is 4.10. The molecule has 0 saturated carbocycles. The molecule has 0 spiro atoms. The summed E-state index contributed by atoms with van der Waals surface area (Å²) >= 11 is 7.66. The van der Waals surface area contributed by atoms with Crippen molar-refractivity contribution in [1.29, 1.82) is 0 Å². The van der Waals surface area contributed by atoms with Crippen molar-refractivity contribution in [2.75, 3.05) is 0 Å². The van der Waals surface area contributed by atoms with Gasteiger partial charge in [-0.15, -0.1) is 11.3 Å². The summed E-state index contributed by atoms with van der Waals surface area (Å²) in [6, 6.07) is 5.95. The first-order chi connectivity index (χ1) is 8.81. The number of H-pyrrole nitrogens is 1. The van der Waals surface area contributed by atoms with Crippen molar-refractivity contribution in [3.8, 4) is 22.1 Å². The smallest absolute Gasteiger partial charge is 0.184 e. The Hall–Kier alpha value is -1.72. The van der Waals surface area contributed by atoms with Crippen LogP contribution in [0.4, 0.5) is 0 Å². The molecule has 4 rings (SSSR count). The Labute approximate surface area is 112 Å². The van der Waals surface area contributed by atoms with Crippen molar-refractivity contribution in [2.24, 2.45) is 0 Å². The van der Waals surface area contributed by atoms with Crippen molar-refractivity contribution in [3.63, 3.8) is 0 Å². The maximum Gasteiger partial charge on any atom is 0.184 e. The van der Waals surface area contributed by atoms with E-state index in [9.17, 15) is 0 Å². The van der Waals surface area contributed by atoms with Gasteiger partial charge in [0.25, 0.3) is 0 Å². The van der Waals surface area contributed by atoms with E-state index < -0.39 is 0 Å². The maximum absolute atomic E-state index is 6.01. The molecule has 0 amide bonds. The van der Waals surface area contributed by atoms with Crippen LogP contribution in [0.2, 0.25) is 5.02 Å². The molecule has 18 heavy (non-hydrogen) atoms. The first-order valence-corrected chi connectivity index (χ1v) is 6.65. The highest BCUT2D eigenvalue weighted by Crippen LogP contribution is 2.42. The predicted molar refractivity (Wildman–Crippen MR) is 70.7 cm³/mol. The van der Waals surface area contributed by atoms with Gasteiger partial charge >= 0.3 is 0 Å². The van der Waals surface area contributed by atoms with Crippen molar-refractivity contribution in [2.45, 2.75) is 6.42 Å². The van der Waals surface area contributed by atoms with E-state index in [0.29, 0.717) is 0 Å². The molecule has 88 valence electrons. The lowest BCUT2D eigenvalue weighted by molar-refractivity contribution is 1.09. The molecule has 3 aromatic rings. The lowest BCUT2D eigenvalue weighted by Gasteiger charge is -1.99. The van der Waals surface area contributed by atoms with Gasteiger partial charge in [-0.05, 0) is 17.7 Å². The van der Waals surface area contributed by atoms with Crippen LogP contribution in [0.1, 0.15) is 10.4 Å². The molecule has 2 heterocycles. The topological polar surface area (TPSA) is 54.5 Å². The van der Waals surface area contributed by atoms with Gasteiger partial charge < -0.3 is 0 Å². The molecule has 1 aromatic carbocycles. The minimum Gasteiger partial charge on any atom is -0.257 e. The van der Waals surface area contributed by atoms with E-state index in [1.807, 2.05) is 18.2 Å². The fourth-order valence-corrected chi connectivity index (χ4v) is 3.44. The van der Waals surface area contributed by atoms with Crippen LogP contribution < -0.4 is 0 Å². The molecule has 4 nitrogen and oxygen atoms in total. The summed E-state index contributed by atoms with van der Waals surface area (Å²) in [6.45, 7) is 0. The van der Waals surface area contributed by atoms with Gasteiger partial charge in [0.15, 0.2) is 10.8 Å². The zero-order valence-corrected chi connectivity index (χ0v) is 10.7. The predicted octanol–water partition coefficient (Wildman–Crippen LogP) is 3.15. The molecular formula is C12H7ClN4S. The van der Waals surface area contributed by atoms with Crippen LogP contribution in [0.25, 0.3) is 22.1 Å². The van der Waals surface area contributed by atoms with Crippen LogP contribution in [0, 0.1) is 0 Å². The van der Waals surface area contributed by atoms with Crippen LogP contribution >= 0.6 is 22.9 Å². The summed E-state index contributed by atoms with van der Waals surface area (Å²) in [5, 5.41) is 8.36. The Balaban J connectivity index is 1.86. The number of nitrogens with one attached hydrogen (secondary N) is 1. The maximum atomic E-state index is 6.01. The van der Waals surface area contributed by atoms with Crippen LogP contribution in [0.3, 0.4) is 0 Å². The molecule has 1 aliphatic carbocycles. The highest BCUT2D eigenvalue weighted by molar-refractivity contribution is 7.15. The summed E-state index contributed by atoms with van der Waals surface area (Å²) in [6.07, 6.45) is 2.40. The van der Waals surface area contributed by atoms with Crippen LogP contribution in [-0.2, 0) is 6.42 Å².